The lowest BCUT2D eigenvalue weighted by molar-refractivity contribution is -0.162. The minimum atomic E-state index is -3.89. The van der Waals surface area contributed by atoms with Crippen LogP contribution in [0.3, 0.4) is 0 Å². The molecule has 0 aromatic heterocycles. The smallest absolute Gasteiger partial charge is 0.326 e. The molecule has 2 fully saturated rings. The second-order valence-corrected chi connectivity index (χ2v) is 8.89. The number of fused-ring (bicyclic) bond motifs is 1. The summed E-state index contributed by atoms with van der Waals surface area (Å²) in [6.45, 7) is 0.793. The van der Waals surface area contributed by atoms with Gasteiger partial charge in [0, 0.05) is 26.2 Å². The van der Waals surface area contributed by atoms with E-state index in [2.05, 4.69) is 0 Å². The zero-order valence-corrected chi connectivity index (χ0v) is 16.1. The fourth-order valence-electron chi connectivity index (χ4n) is 3.76. The standard InChI is InChI=1S/C16H20N2O9S/c1-8(19)27-6-9-7-28(24,25)15-12(26-2)14(21)18(15)11(9)13(20)17-5-3-4-10(17)16(22)23/h10,12,15H,3-7H2,1-2H3,(H,22,23)/t10-,12-,15+/m0/s1. The predicted octanol–water partition coefficient (Wildman–Crippen LogP) is -1.51. The van der Waals surface area contributed by atoms with Gasteiger partial charge in [-0.05, 0) is 12.8 Å². The van der Waals surface area contributed by atoms with E-state index < -0.39 is 63.5 Å². The molecular weight excluding hydrogens is 396 g/mol. The van der Waals surface area contributed by atoms with Gasteiger partial charge in [-0.15, -0.1) is 0 Å². The van der Waals surface area contributed by atoms with E-state index >= 15 is 0 Å². The van der Waals surface area contributed by atoms with E-state index in [4.69, 9.17) is 9.47 Å². The largest absolute Gasteiger partial charge is 0.480 e. The fraction of sp³-hybridized carbons (Fsp3) is 0.625. The Bertz CT molecular complexity index is 879. The second-order valence-electron chi connectivity index (χ2n) is 6.79. The van der Waals surface area contributed by atoms with Crippen LogP contribution in [0.2, 0.25) is 0 Å². The summed E-state index contributed by atoms with van der Waals surface area (Å²) in [7, 11) is -2.70. The molecule has 12 heteroatoms. The van der Waals surface area contributed by atoms with Gasteiger partial charge in [-0.2, -0.15) is 0 Å². The third kappa shape index (κ3) is 3.15. The summed E-state index contributed by atoms with van der Waals surface area (Å²) in [6.07, 6.45) is -0.521. The number of methoxy groups -OCH3 is 1. The molecule has 0 aromatic rings. The number of hydrogen-bond acceptors (Lipinski definition) is 8. The van der Waals surface area contributed by atoms with Gasteiger partial charge in [0.2, 0.25) is 0 Å². The molecule has 11 nitrogen and oxygen atoms in total. The number of carbonyl (C=O) groups excluding carboxylic acids is 3. The SMILES string of the molecule is CO[C@H]1C(=O)N2C(C(=O)N3CCC[C@H]3C(=O)O)=C(COC(C)=O)CS(=O)(=O)[C@H]12. The van der Waals surface area contributed by atoms with Crippen molar-refractivity contribution in [1.82, 2.24) is 9.80 Å². The molecule has 3 aliphatic rings. The maximum atomic E-state index is 13.1. The van der Waals surface area contributed by atoms with Gasteiger partial charge in [0.25, 0.3) is 11.8 Å². The molecule has 2 saturated heterocycles. The van der Waals surface area contributed by atoms with Gasteiger partial charge < -0.3 is 19.5 Å². The lowest BCUT2D eigenvalue weighted by atomic mass is 10.0. The van der Waals surface area contributed by atoms with Crippen LogP contribution >= 0.6 is 0 Å². The van der Waals surface area contributed by atoms with Gasteiger partial charge in [-0.25, -0.2) is 13.2 Å². The Morgan fingerprint density at radius 2 is 1.96 bits per heavy atom. The molecule has 3 rings (SSSR count). The zero-order valence-electron chi connectivity index (χ0n) is 15.3. The Kier molecular flexibility index (Phi) is 5.19. The van der Waals surface area contributed by atoms with Crippen LogP contribution in [0.15, 0.2) is 11.3 Å². The number of hydrogen-bond donors (Lipinski definition) is 1. The highest BCUT2D eigenvalue weighted by atomic mass is 32.2. The topological polar surface area (TPSA) is 148 Å². The molecule has 1 N–H and O–H groups in total. The quantitative estimate of drug-likeness (QED) is 0.417. The van der Waals surface area contributed by atoms with Crippen LogP contribution in [-0.2, 0) is 38.5 Å². The second kappa shape index (κ2) is 7.17. The van der Waals surface area contributed by atoms with Crippen LogP contribution in [0.25, 0.3) is 0 Å². The molecule has 0 saturated carbocycles. The van der Waals surface area contributed by atoms with Crippen molar-refractivity contribution in [2.75, 3.05) is 26.0 Å². The van der Waals surface area contributed by atoms with Gasteiger partial charge in [0.05, 0.1) is 5.75 Å². The number of sulfone groups is 1. The molecule has 3 aliphatic heterocycles. The van der Waals surface area contributed by atoms with Gasteiger partial charge in [-0.1, -0.05) is 0 Å². The van der Waals surface area contributed by atoms with E-state index in [1.807, 2.05) is 0 Å². The van der Waals surface area contributed by atoms with Crippen LogP contribution < -0.4 is 0 Å². The van der Waals surface area contributed by atoms with Crippen LogP contribution in [0.4, 0.5) is 0 Å². The van der Waals surface area contributed by atoms with E-state index in [0.29, 0.717) is 6.42 Å². The summed E-state index contributed by atoms with van der Waals surface area (Å²) in [4.78, 5) is 50.1. The molecule has 0 aromatic carbocycles. The maximum Gasteiger partial charge on any atom is 0.326 e. The average molecular weight is 416 g/mol. The van der Waals surface area contributed by atoms with Gasteiger partial charge in [-0.3, -0.25) is 19.3 Å². The maximum absolute atomic E-state index is 13.1. The minimum Gasteiger partial charge on any atom is -0.480 e. The number of esters is 1. The number of carboxylic acids is 1. The summed E-state index contributed by atoms with van der Waals surface area (Å²) in [6, 6.07) is -1.07. The number of likely N-dealkylation sites (tertiary alicyclic amines) is 1. The van der Waals surface area contributed by atoms with E-state index in [1.54, 1.807) is 0 Å². The van der Waals surface area contributed by atoms with Crippen molar-refractivity contribution >= 4 is 33.6 Å². The van der Waals surface area contributed by atoms with Crippen molar-refractivity contribution in [3.05, 3.63) is 11.3 Å². The predicted molar refractivity (Wildman–Crippen MR) is 91.2 cm³/mol. The summed E-state index contributed by atoms with van der Waals surface area (Å²) < 4.78 is 35.0. The summed E-state index contributed by atoms with van der Waals surface area (Å²) in [5, 5.41) is 7.98. The number of nitrogens with zero attached hydrogens (tertiary/aromatic N) is 2. The first kappa shape index (κ1) is 20.3. The third-order valence-corrected chi connectivity index (χ3v) is 6.96. The molecule has 0 bridgehead atoms. The molecule has 0 radical (unpaired) electrons. The van der Waals surface area contributed by atoms with Gasteiger partial charge in [0.1, 0.15) is 18.3 Å². The molecule has 0 unspecified atom stereocenters. The number of carbonyl (C=O) groups is 4. The lowest BCUT2D eigenvalue weighted by Crippen LogP contribution is -2.71. The van der Waals surface area contributed by atoms with Crippen LogP contribution in [-0.4, -0.2) is 90.6 Å². The Labute approximate surface area is 160 Å². The summed E-state index contributed by atoms with van der Waals surface area (Å²) in [5.74, 6) is -3.95. The minimum absolute atomic E-state index is 0.0598. The highest BCUT2D eigenvalue weighted by Gasteiger charge is 2.61. The Morgan fingerprint density at radius 3 is 2.54 bits per heavy atom. The zero-order chi connectivity index (χ0) is 20.8. The number of ether oxygens (including phenoxy) is 2. The highest BCUT2D eigenvalue weighted by molar-refractivity contribution is 7.92. The van der Waals surface area contributed by atoms with Crippen molar-refractivity contribution in [3.8, 4) is 0 Å². The first-order valence-electron chi connectivity index (χ1n) is 8.56. The number of rotatable bonds is 5. The Morgan fingerprint density at radius 1 is 1.29 bits per heavy atom. The Hall–Kier alpha value is -2.47. The van der Waals surface area contributed by atoms with E-state index in [9.17, 15) is 32.7 Å². The van der Waals surface area contributed by atoms with Crippen molar-refractivity contribution in [2.24, 2.45) is 0 Å². The number of β-lactam (4-membered cyclic amide) rings is 1. The normalized spacial score (nSPS) is 28.6. The van der Waals surface area contributed by atoms with Crippen LogP contribution in [0, 0.1) is 0 Å². The number of carboxylic acid groups (broad SMARTS) is 1. The van der Waals surface area contributed by atoms with E-state index in [1.165, 1.54) is 7.11 Å². The summed E-state index contributed by atoms with van der Waals surface area (Å²) >= 11 is 0. The van der Waals surface area contributed by atoms with E-state index in [-0.39, 0.29) is 24.2 Å². The average Bonchev–Trinajstić information content (AvgIpc) is 3.09. The van der Waals surface area contributed by atoms with Crippen molar-refractivity contribution < 1.29 is 42.2 Å². The van der Waals surface area contributed by atoms with E-state index in [0.717, 1.165) is 16.7 Å². The van der Waals surface area contributed by atoms with Crippen molar-refractivity contribution in [1.29, 1.82) is 0 Å². The molecule has 2 amide bonds. The fourth-order valence-corrected chi connectivity index (χ4v) is 5.77. The number of aliphatic carboxylic acids is 1. The van der Waals surface area contributed by atoms with Gasteiger partial charge >= 0.3 is 11.9 Å². The first-order chi connectivity index (χ1) is 13.1. The summed E-state index contributed by atoms with van der Waals surface area (Å²) in [5.41, 5.74) is -0.303. The molecule has 0 aliphatic carbocycles. The molecule has 28 heavy (non-hydrogen) atoms. The molecule has 3 atom stereocenters. The lowest BCUT2D eigenvalue weighted by Gasteiger charge is -2.49. The third-order valence-electron chi connectivity index (χ3n) is 5.02. The highest BCUT2D eigenvalue weighted by Crippen LogP contribution is 2.39. The molecule has 3 heterocycles. The number of amides is 2. The van der Waals surface area contributed by atoms with Crippen LogP contribution in [0.5, 0.6) is 0 Å². The monoisotopic (exact) mass is 416 g/mol. The first-order valence-corrected chi connectivity index (χ1v) is 10.3. The van der Waals surface area contributed by atoms with Gasteiger partial charge in [0.15, 0.2) is 21.3 Å². The van der Waals surface area contributed by atoms with Crippen LogP contribution in [0.1, 0.15) is 19.8 Å². The molecular formula is C16H20N2O9S. The molecule has 0 spiro atoms. The van der Waals surface area contributed by atoms with Crippen molar-refractivity contribution in [2.45, 2.75) is 37.3 Å². The van der Waals surface area contributed by atoms with Crippen molar-refractivity contribution in [3.63, 3.8) is 0 Å². The Balaban J connectivity index is 2.05. The molecule has 154 valence electrons.